The topological polar surface area (TPSA) is 128 Å². The van der Waals surface area contributed by atoms with E-state index in [1.807, 2.05) is 20.8 Å². The average molecular weight is 561 g/mol. The van der Waals surface area contributed by atoms with Gasteiger partial charge in [0.05, 0.1) is 23.9 Å². The Balaban J connectivity index is 1.31. The number of carbonyl (C=O) groups excluding carboxylic acids is 1. The number of likely N-dealkylation sites (tertiary alicyclic amines) is 1. The molecule has 1 amide bonds. The predicted octanol–water partition coefficient (Wildman–Crippen LogP) is 4.68. The van der Waals surface area contributed by atoms with E-state index in [4.69, 9.17) is 9.26 Å². The summed E-state index contributed by atoms with van der Waals surface area (Å²) in [5.41, 5.74) is 1.30. The molecule has 3 aromatic heterocycles. The third-order valence-electron chi connectivity index (χ3n) is 6.32. The predicted molar refractivity (Wildman–Crippen MR) is 135 cm³/mol. The SMILES string of the molecule is CC(C)(C)OC(=O)N1CCC(c2cc(=O)[nH]c3c(-c4noc(Cc5ccc(OC(F)(F)F)cc5)n4)cnn23)CC1. The summed E-state index contributed by atoms with van der Waals surface area (Å²) in [5, 5.41) is 8.47. The number of H-pyrrole nitrogens is 1. The summed E-state index contributed by atoms with van der Waals surface area (Å²) in [7, 11) is 0. The van der Waals surface area contributed by atoms with Crippen molar-refractivity contribution < 1.29 is 32.0 Å². The molecule has 14 heteroatoms. The van der Waals surface area contributed by atoms with E-state index < -0.39 is 12.0 Å². The van der Waals surface area contributed by atoms with Gasteiger partial charge in [-0.2, -0.15) is 10.1 Å². The Kier molecular flexibility index (Phi) is 7.02. The lowest BCUT2D eigenvalue weighted by molar-refractivity contribution is -0.274. The van der Waals surface area contributed by atoms with Crippen LogP contribution in [0.1, 0.15) is 56.7 Å². The zero-order valence-electron chi connectivity index (χ0n) is 22.0. The van der Waals surface area contributed by atoms with Crippen LogP contribution in [0.3, 0.4) is 0 Å². The first-order valence-corrected chi connectivity index (χ1v) is 12.6. The number of aromatic nitrogens is 5. The molecule has 0 bridgehead atoms. The van der Waals surface area contributed by atoms with Gasteiger partial charge in [-0.15, -0.1) is 13.2 Å². The van der Waals surface area contributed by atoms with Crippen LogP contribution in [0.2, 0.25) is 0 Å². The maximum Gasteiger partial charge on any atom is 0.573 e. The van der Waals surface area contributed by atoms with Gasteiger partial charge in [0.2, 0.25) is 11.7 Å². The number of halogens is 3. The zero-order chi connectivity index (χ0) is 28.7. The van der Waals surface area contributed by atoms with Crippen molar-refractivity contribution >= 4 is 11.7 Å². The first kappa shape index (κ1) is 27.2. The average Bonchev–Trinajstić information content (AvgIpc) is 3.50. The Hall–Kier alpha value is -4.36. The van der Waals surface area contributed by atoms with Crippen molar-refractivity contribution in [1.29, 1.82) is 0 Å². The summed E-state index contributed by atoms with van der Waals surface area (Å²) < 4.78 is 53.5. The molecule has 4 aromatic rings. The molecule has 0 aliphatic carbocycles. The molecule has 11 nitrogen and oxygen atoms in total. The fraction of sp³-hybridized carbons (Fsp3) is 0.423. The highest BCUT2D eigenvalue weighted by molar-refractivity contribution is 5.72. The molecule has 1 aliphatic heterocycles. The van der Waals surface area contributed by atoms with Crippen molar-refractivity contribution in [3.05, 3.63) is 64.0 Å². The van der Waals surface area contributed by atoms with Gasteiger partial charge in [-0.3, -0.25) is 4.79 Å². The maximum absolute atomic E-state index is 12.6. The quantitative estimate of drug-likeness (QED) is 0.373. The number of nitrogens with zero attached hydrogens (tertiary/aromatic N) is 5. The molecule has 0 unspecified atom stereocenters. The Morgan fingerprint density at radius 3 is 2.50 bits per heavy atom. The molecule has 1 saturated heterocycles. The fourth-order valence-electron chi connectivity index (χ4n) is 4.57. The lowest BCUT2D eigenvalue weighted by Gasteiger charge is -2.33. The zero-order valence-corrected chi connectivity index (χ0v) is 22.0. The van der Waals surface area contributed by atoms with Crippen molar-refractivity contribution in [2.75, 3.05) is 13.1 Å². The summed E-state index contributed by atoms with van der Waals surface area (Å²) in [4.78, 5) is 33.9. The van der Waals surface area contributed by atoms with Crippen LogP contribution in [-0.2, 0) is 11.2 Å². The van der Waals surface area contributed by atoms with E-state index in [9.17, 15) is 22.8 Å². The minimum absolute atomic E-state index is 0.0126. The van der Waals surface area contributed by atoms with Crippen LogP contribution in [0, 0.1) is 0 Å². The Morgan fingerprint density at radius 1 is 1.15 bits per heavy atom. The molecule has 1 aliphatic rings. The van der Waals surface area contributed by atoms with Gasteiger partial charge in [-0.1, -0.05) is 17.3 Å². The first-order valence-electron chi connectivity index (χ1n) is 12.6. The molecule has 40 heavy (non-hydrogen) atoms. The van der Waals surface area contributed by atoms with Crippen LogP contribution in [0.15, 0.2) is 45.8 Å². The standard InChI is InChI=1S/C26H27F3N6O5/c1-25(2,3)39-24(37)34-10-8-16(9-11-34)19-13-20(36)31-23-18(14-30-35(19)23)22-32-21(40-33-22)12-15-4-6-17(7-5-15)38-26(27,28)29/h4-7,13-14,16H,8-12H2,1-3H3,(H,31,36). The second-order valence-electron chi connectivity index (χ2n) is 10.5. The van der Waals surface area contributed by atoms with Crippen molar-refractivity contribution in [2.45, 2.75) is 57.9 Å². The van der Waals surface area contributed by atoms with Crippen LogP contribution < -0.4 is 10.3 Å². The third-order valence-corrected chi connectivity index (χ3v) is 6.32. The molecule has 1 fully saturated rings. The lowest BCUT2D eigenvalue weighted by atomic mass is 9.93. The lowest BCUT2D eigenvalue weighted by Crippen LogP contribution is -2.41. The minimum Gasteiger partial charge on any atom is -0.444 e. The number of aromatic amines is 1. The summed E-state index contributed by atoms with van der Waals surface area (Å²) >= 11 is 0. The number of carbonyl (C=O) groups is 1. The molecule has 0 radical (unpaired) electrons. The Bertz CT molecular complexity index is 1560. The largest absolute Gasteiger partial charge is 0.573 e. The Morgan fingerprint density at radius 2 is 1.85 bits per heavy atom. The second kappa shape index (κ2) is 10.3. The van der Waals surface area contributed by atoms with E-state index in [-0.39, 0.29) is 41.5 Å². The number of rotatable bonds is 5. The molecule has 4 heterocycles. The molecule has 0 saturated carbocycles. The highest BCUT2D eigenvalue weighted by Gasteiger charge is 2.31. The summed E-state index contributed by atoms with van der Waals surface area (Å²) in [6, 6.07) is 6.85. The van der Waals surface area contributed by atoms with E-state index in [2.05, 4.69) is 25.0 Å². The van der Waals surface area contributed by atoms with Crippen LogP contribution in [0.5, 0.6) is 5.75 Å². The summed E-state index contributed by atoms with van der Waals surface area (Å²) in [6.07, 6.45) is -2.16. The molecular weight excluding hydrogens is 533 g/mol. The number of piperidine rings is 1. The second-order valence-corrected chi connectivity index (χ2v) is 10.5. The van der Waals surface area contributed by atoms with Crippen LogP contribution in [0.25, 0.3) is 17.0 Å². The highest BCUT2D eigenvalue weighted by atomic mass is 19.4. The van der Waals surface area contributed by atoms with Crippen molar-refractivity contribution in [3.8, 4) is 17.1 Å². The van der Waals surface area contributed by atoms with E-state index in [1.54, 1.807) is 9.42 Å². The van der Waals surface area contributed by atoms with E-state index in [1.165, 1.54) is 36.5 Å². The van der Waals surface area contributed by atoms with Crippen LogP contribution in [0.4, 0.5) is 18.0 Å². The third kappa shape index (κ3) is 6.26. The van der Waals surface area contributed by atoms with Gasteiger partial charge in [-0.25, -0.2) is 9.31 Å². The first-order chi connectivity index (χ1) is 18.8. The van der Waals surface area contributed by atoms with Gasteiger partial charge in [0.15, 0.2) is 0 Å². The van der Waals surface area contributed by atoms with Gasteiger partial charge in [0.1, 0.15) is 17.0 Å². The number of benzene rings is 1. The molecule has 0 atom stereocenters. The van der Waals surface area contributed by atoms with Crippen LogP contribution in [-0.4, -0.2) is 60.8 Å². The van der Waals surface area contributed by atoms with Crippen molar-refractivity contribution in [3.63, 3.8) is 0 Å². The molecule has 0 spiro atoms. The number of fused-ring (bicyclic) bond motifs is 1. The summed E-state index contributed by atoms with van der Waals surface area (Å²) in [6.45, 7) is 6.43. The van der Waals surface area contributed by atoms with Gasteiger partial charge in [-0.05, 0) is 51.3 Å². The normalized spacial score (nSPS) is 15.0. The van der Waals surface area contributed by atoms with Crippen molar-refractivity contribution in [1.82, 2.24) is 29.6 Å². The van der Waals surface area contributed by atoms with Gasteiger partial charge in [0.25, 0.3) is 5.56 Å². The minimum atomic E-state index is -4.77. The summed E-state index contributed by atoms with van der Waals surface area (Å²) in [5.74, 6) is 0.0897. The molecule has 1 N–H and O–H groups in total. The molecule has 5 rings (SSSR count). The molecule has 1 aromatic carbocycles. The number of alkyl halides is 3. The number of nitrogens with one attached hydrogen (secondary N) is 1. The van der Waals surface area contributed by atoms with Gasteiger partial charge in [0, 0.05) is 25.1 Å². The number of amides is 1. The number of hydrogen-bond donors (Lipinski definition) is 1. The van der Waals surface area contributed by atoms with Gasteiger partial charge < -0.3 is 23.9 Å². The monoisotopic (exact) mass is 560 g/mol. The van der Waals surface area contributed by atoms with Gasteiger partial charge >= 0.3 is 12.5 Å². The smallest absolute Gasteiger partial charge is 0.444 e. The van der Waals surface area contributed by atoms with E-state index in [0.29, 0.717) is 48.4 Å². The number of ether oxygens (including phenoxy) is 2. The maximum atomic E-state index is 12.6. The fourth-order valence-corrected chi connectivity index (χ4v) is 4.57. The van der Waals surface area contributed by atoms with Crippen molar-refractivity contribution in [2.24, 2.45) is 0 Å². The molecular formula is C26H27F3N6O5. The van der Waals surface area contributed by atoms with Crippen LogP contribution >= 0.6 is 0 Å². The number of hydrogen-bond acceptors (Lipinski definition) is 8. The van der Waals surface area contributed by atoms with E-state index >= 15 is 0 Å². The highest BCUT2D eigenvalue weighted by Crippen LogP contribution is 2.30. The molecule has 212 valence electrons. The van der Waals surface area contributed by atoms with E-state index in [0.717, 1.165) is 0 Å². The Labute approximate surface area is 225 Å².